The lowest BCUT2D eigenvalue weighted by Crippen LogP contribution is -2.24. The minimum atomic E-state index is -2.73. The SMILES string of the molecule is CC(C)(C)c1cc(S(C)(=N)=O)ccc1C(C)(C)O. The third-order valence-corrected chi connectivity index (χ3v) is 4.06. The smallest absolute Gasteiger partial charge is 0.0843 e. The summed E-state index contributed by atoms with van der Waals surface area (Å²) in [6.07, 6.45) is 1.42. The molecule has 0 spiro atoms. The molecule has 0 saturated carbocycles. The van der Waals surface area contributed by atoms with Gasteiger partial charge >= 0.3 is 0 Å². The number of hydrogen-bond acceptors (Lipinski definition) is 3. The summed E-state index contributed by atoms with van der Waals surface area (Å²) in [6.45, 7) is 9.61. The first kappa shape index (κ1) is 15.2. The van der Waals surface area contributed by atoms with E-state index in [0.29, 0.717) is 4.90 Å². The standard InChI is InChI=1S/C14H23NO2S/c1-13(2,3)12-9-10(18(6,15)17)7-8-11(12)14(4,5)16/h7-9,15-16H,1-6H3. The Balaban J connectivity index is 3.60. The number of aliphatic hydroxyl groups is 1. The molecule has 0 aliphatic rings. The Morgan fingerprint density at radius 1 is 1.11 bits per heavy atom. The van der Waals surface area contributed by atoms with Gasteiger partial charge in [0.15, 0.2) is 0 Å². The highest BCUT2D eigenvalue weighted by atomic mass is 32.2. The maximum atomic E-state index is 11.8. The van der Waals surface area contributed by atoms with Crippen LogP contribution in [0.5, 0.6) is 0 Å². The Kier molecular flexibility index (Phi) is 3.67. The summed E-state index contributed by atoms with van der Waals surface area (Å²) in [5, 5.41) is 10.2. The lowest BCUT2D eigenvalue weighted by molar-refractivity contribution is 0.0765. The van der Waals surface area contributed by atoms with Gasteiger partial charge in [-0.05, 0) is 42.5 Å². The predicted octanol–water partition coefficient (Wildman–Crippen LogP) is 3.25. The van der Waals surface area contributed by atoms with E-state index in [1.165, 1.54) is 6.26 Å². The average Bonchev–Trinajstić information content (AvgIpc) is 2.12. The lowest BCUT2D eigenvalue weighted by Gasteiger charge is -2.29. The Morgan fingerprint density at radius 2 is 1.61 bits per heavy atom. The van der Waals surface area contributed by atoms with Gasteiger partial charge in [0.2, 0.25) is 0 Å². The highest BCUT2D eigenvalue weighted by Gasteiger charge is 2.27. The summed E-state index contributed by atoms with van der Waals surface area (Å²) < 4.78 is 19.5. The molecule has 2 N–H and O–H groups in total. The van der Waals surface area contributed by atoms with Crippen molar-refractivity contribution in [1.82, 2.24) is 0 Å². The van der Waals surface area contributed by atoms with Gasteiger partial charge in [-0.3, -0.25) is 0 Å². The van der Waals surface area contributed by atoms with Crippen LogP contribution in [0.3, 0.4) is 0 Å². The fraction of sp³-hybridized carbons (Fsp3) is 0.571. The monoisotopic (exact) mass is 269 g/mol. The Morgan fingerprint density at radius 3 is 1.94 bits per heavy atom. The van der Waals surface area contributed by atoms with Crippen molar-refractivity contribution in [2.75, 3.05) is 6.26 Å². The second kappa shape index (κ2) is 4.35. The van der Waals surface area contributed by atoms with Gasteiger partial charge in [-0.2, -0.15) is 0 Å². The minimum Gasteiger partial charge on any atom is -0.386 e. The normalized spacial score (nSPS) is 16.4. The zero-order valence-corrected chi connectivity index (χ0v) is 12.8. The molecule has 1 aromatic carbocycles. The topological polar surface area (TPSA) is 61.2 Å². The van der Waals surface area contributed by atoms with Gasteiger partial charge in [0, 0.05) is 11.2 Å². The molecule has 0 aliphatic carbocycles. The zero-order chi connectivity index (χ0) is 14.4. The van der Waals surface area contributed by atoms with Crippen LogP contribution in [0.4, 0.5) is 0 Å². The molecular formula is C14H23NO2S. The third-order valence-electron chi connectivity index (χ3n) is 2.91. The van der Waals surface area contributed by atoms with Gasteiger partial charge in [-0.15, -0.1) is 0 Å². The van der Waals surface area contributed by atoms with Crippen LogP contribution in [-0.2, 0) is 20.7 Å². The molecule has 1 unspecified atom stereocenters. The molecule has 0 amide bonds. The van der Waals surface area contributed by atoms with Gasteiger partial charge in [0.1, 0.15) is 0 Å². The van der Waals surface area contributed by atoms with E-state index in [-0.39, 0.29) is 5.41 Å². The van der Waals surface area contributed by atoms with Gasteiger partial charge in [-0.1, -0.05) is 26.8 Å². The van der Waals surface area contributed by atoms with Crippen molar-refractivity contribution < 1.29 is 9.32 Å². The lowest BCUT2D eigenvalue weighted by atomic mass is 9.79. The Hall–Kier alpha value is -0.870. The number of benzene rings is 1. The molecule has 1 rings (SSSR count). The van der Waals surface area contributed by atoms with E-state index >= 15 is 0 Å². The number of nitrogens with one attached hydrogen (secondary N) is 1. The fourth-order valence-electron chi connectivity index (χ4n) is 1.92. The van der Waals surface area contributed by atoms with Crippen LogP contribution in [0.15, 0.2) is 23.1 Å². The van der Waals surface area contributed by atoms with E-state index in [4.69, 9.17) is 4.78 Å². The van der Waals surface area contributed by atoms with Crippen molar-refractivity contribution >= 4 is 9.73 Å². The first-order valence-corrected chi connectivity index (χ1v) is 7.91. The van der Waals surface area contributed by atoms with Gasteiger partial charge < -0.3 is 5.11 Å². The van der Waals surface area contributed by atoms with Crippen molar-refractivity contribution in [3.8, 4) is 0 Å². The molecule has 0 radical (unpaired) electrons. The number of hydrogen-bond donors (Lipinski definition) is 2. The second-order valence-electron chi connectivity index (χ2n) is 6.36. The predicted molar refractivity (Wildman–Crippen MR) is 75.4 cm³/mol. The quantitative estimate of drug-likeness (QED) is 0.865. The maximum Gasteiger partial charge on any atom is 0.0843 e. The van der Waals surface area contributed by atoms with Gasteiger partial charge in [0.25, 0.3) is 0 Å². The average molecular weight is 269 g/mol. The van der Waals surface area contributed by atoms with E-state index in [1.54, 1.807) is 32.0 Å². The van der Waals surface area contributed by atoms with Crippen LogP contribution in [0.25, 0.3) is 0 Å². The largest absolute Gasteiger partial charge is 0.386 e. The van der Waals surface area contributed by atoms with E-state index in [2.05, 4.69) is 0 Å². The molecule has 0 fully saturated rings. The Labute approximate surface area is 110 Å². The summed E-state index contributed by atoms with van der Waals surface area (Å²) in [5.41, 5.74) is 0.644. The summed E-state index contributed by atoms with van der Waals surface area (Å²) >= 11 is 0. The molecule has 18 heavy (non-hydrogen) atoms. The molecular weight excluding hydrogens is 246 g/mol. The van der Waals surface area contributed by atoms with Crippen LogP contribution in [-0.4, -0.2) is 15.6 Å². The molecule has 0 aliphatic heterocycles. The van der Waals surface area contributed by atoms with Gasteiger partial charge in [0.05, 0.1) is 15.3 Å². The first-order valence-electron chi connectivity index (χ1n) is 5.94. The van der Waals surface area contributed by atoms with Crippen LogP contribution < -0.4 is 0 Å². The van der Waals surface area contributed by atoms with E-state index < -0.39 is 15.3 Å². The minimum absolute atomic E-state index is 0.171. The van der Waals surface area contributed by atoms with Crippen LogP contribution >= 0.6 is 0 Å². The summed E-state index contributed by atoms with van der Waals surface area (Å²) in [7, 11) is -2.73. The fourth-order valence-corrected chi connectivity index (χ4v) is 2.59. The summed E-state index contributed by atoms with van der Waals surface area (Å²) in [4.78, 5) is 0.514. The van der Waals surface area contributed by atoms with Crippen LogP contribution in [0, 0.1) is 4.78 Å². The molecule has 0 saturated heterocycles. The van der Waals surface area contributed by atoms with Crippen molar-refractivity contribution in [3.63, 3.8) is 0 Å². The van der Waals surface area contributed by atoms with Crippen LogP contribution in [0.1, 0.15) is 45.7 Å². The number of rotatable bonds is 2. The molecule has 102 valence electrons. The molecule has 0 bridgehead atoms. The van der Waals surface area contributed by atoms with E-state index in [9.17, 15) is 9.32 Å². The summed E-state index contributed by atoms with van der Waals surface area (Å²) in [5.74, 6) is 0. The van der Waals surface area contributed by atoms with E-state index in [0.717, 1.165) is 11.1 Å². The Bertz CT molecular complexity index is 546. The molecule has 0 heterocycles. The molecule has 4 heteroatoms. The van der Waals surface area contributed by atoms with Gasteiger partial charge in [-0.25, -0.2) is 8.99 Å². The third kappa shape index (κ3) is 3.33. The second-order valence-corrected chi connectivity index (χ2v) is 8.52. The molecule has 1 aromatic rings. The highest BCUT2D eigenvalue weighted by molar-refractivity contribution is 7.91. The first-order chi connectivity index (χ1) is 7.83. The highest BCUT2D eigenvalue weighted by Crippen LogP contribution is 2.34. The van der Waals surface area contributed by atoms with Crippen molar-refractivity contribution in [2.45, 2.75) is 50.5 Å². The van der Waals surface area contributed by atoms with Crippen molar-refractivity contribution in [1.29, 1.82) is 4.78 Å². The molecule has 0 aromatic heterocycles. The van der Waals surface area contributed by atoms with Crippen molar-refractivity contribution in [2.24, 2.45) is 0 Å². The zero-order valence-electron chi connectivity index (χ0n) is 12.0. The maximum absolute atomic E-state index is 11.8. The van der Waals surface area contributed by atoms with Crippen molar-refractivity contribution in [3.05, 3.63) is 29.3 Å². The molecule has 3 nitrogen and oxygen atoms in total. The van der Waals surface area contributed by atoms with Crippen LogP contribution in [0.2, 0.25) is 0 Å². The van der Waals surface area contributed by atoms with E-state index in [1.807, 2.05) is 20.8 Å². The summed E-state index contributed by atoms with van der Waals surface area (Å²) in [6, 6.07) is 5.26. The molecule has 1 atom stereocenters.